The summed E-state index contributed by atoms with van der Waals surface area (Å²) in [7, 11) is 1.72. The van der Waals surface area contributed by atoms with Gasteiger partial charge in [0, 0.05) is 26.2 Å². The minimum absolute atomic E-state index is 0.0809. The number of hydrogen-bond donors (Lipinski definition) is 2. The first-order chi connectivity index (χ1) is 8.07. The van der Waals surface area contributed by atoms with Crippen LogP contribution in [0.3, 0.4) is 0 Å². The molecule has 17 heavy (non-hydrogen) atoms. The monoisotopic (exact) mass is 244 g/mol. The Morgan fingerprint density at radius 2 is 2.18 bits per heavy atom. The summed E-state index contributed by atoms with van der Waals surface area (Å²) in [6.45, 7) is 6.84. The molecule has 0 aromatic rings. The maximum absolute atomic E-state index is 9.54. The van der Waals surface area contributed by atoms with Gasteiger partial charge >= 0.3 is 0 Å². The second kappa shape index (κ2) is 6.69. The van der Waals surface area contributed by atoms with Crippen molar-refractivity contribution in [2.45, 2.75) is 44.7 Å². The van der Waals surface area contributed by atoms with Crippen molar-refractivity contribution < 1.29 is 9.84 Å². The third-order valence-corrected chi connectivity index (χ3v) is 3.98. The highest BCUT2D eigenvalue weighted by Crippen LogP contribution is 2.38. The number of nitrogens with zero attached hydrogens (tertiary/aromatic N) is 1. The number of aliphatic hydroxyl groups is 1. The number of nitrogens with two attached hydrogens (primary N) is 1. The van der Waals surface area contributed by atoms with Crippen molar-refractivity contribution in [1.29, 1.82) is 0 Å². The van der Waals surface area contributed by atoms with Gasteiger partial charge in [0.1, 0.15) is 0 Å². The Balaban J connectivity index is 2.56. The van der Waals surface area contributed by atoms with E-state index in [-0.39, 0.29) is 6.61 Å². The molecule has 0 spiro atoms. The zero-order valence-electron chi connectivity index (χ0n) is 11.5. The van der Waals surface area contributed by atoms with E-state index in [4.69, 9.17) is 10.5 Å². The Bertz CT molecular complexity index is 221. The van der Waals surface area contributed by atoms with Crippen LogP contribution in [0.4, 0.5) is 0 Å². The lowest BCUT2D eigenvalue weighted by atomic mass is 9.94. The number of rotatable bonds is 9. The zero-order valence-corrected chi connectivity index (χ0v) is 11.5. The molecule has 0 heterocycles. The predicted molar refractivity (Wildman–Crippen MR) is 69.9 cm³/mol. The molecule has 102 valence electrons. The van der Waals surface area contributed by atoms with Crippen LogP contribution in [0.25, 0.3) is 0 Å². The van der Waals surface area contributed by atoms with Gasteiger partial charge in [-0.2, -0.15) is 0 Å². The molecule has 3 N–H and O–H groups in total. The number of aliphatic hydroxyl groups excluding tert-OH is 1. The van der Waals surface area contributed by atoms with Crippen LogP contribution >= 0.6 is 0 Å². The first-order valence-corrected chi connectivity index (χ1v) is 6.70. The van der Waals surface area contributed by atoms with E-state index in [2.05, 4.69) is 18.7 Å². The van der Waals surface area contributed by atoms with Crippen molar-refractivity contribution in [3.63, 3.8) is 0 Å². The molecule has 0 amide bonds. The average molecular weight is 244 g/mol. The smallest absolute Gasteiger partial charge is 0.0626 e. The zero-order chi connectivity index (χ0) is 12.9. The van der Waals surface area contributed by atoms with E-state index in [0.717, 1.165) is 39.0 Å². The van der Waals surface area contributed by atoms with Gasteiger partial charge in [-0.15, -0.1) is 0 Å². The van der Waals surface area contributed by atoms with Crippen molar-refractivity contribution in [2.75, 3.05) is 33.4 Å². The summed E-state index contributed by atoms with van der Waals surface area (Å²) in [4.78, 5) is 2.35. The minimum atomic E-state index is -0.419. The molecule has 4 nitrogen and oxygen atoms in total. The fourth-order valence-corrected chi connectivity index (χ4v) is 2.27. The van der Waals surface area contributed by atoms with Crippen molar-refractivity contribution in [3.05, 3.63) is 0 Å². The van der Waals surface area contributed by atoms with Crippen LogP contribution < -0.4 is 5.73 Å². The molecule has 1 rings (SSSR count). The third-order valence-electron chi connectivity index (χ3n) is 3.98. The summed E-state index contributed by atoms with van der Waals surface area (Å²) >= 11 is 0. The summed E-state index contributed by atoms with van der Waals surface area (Å²) in [6.07, 6.45) is 3.42. The number of ether oxygens (including phenoxy) is 1. The van der Waals surface area contributed by atoms with Gasteiger partial charge in [-0.25, -0.2) is 0 Å². The van der Waals surface area contributed by atoms with Crippen LogP contribution in [0, 0.1) is 5.92 Å². The maximum atomic E-state index is 9.54. The van der Waals surface area contributed by atoms with Crippen LogP contribution in [-0.4, -0.2) is 55.0 Å². The molecule has 2 atom stereocenters. The molecule has 1 fully saturated rings. The van der Waals surface area contributed by atoms with E-state index in [0.29, 0.717) is 12.0 Å². The first kappa shape index (κ1) is 14.9. The summed E-state index contributed by atoms with van der Waals surface area (Å²) < 4.78 is 5.15. The van der Waals surface area contributed by atoms with Gasteiger partial charge in [0.2, 0.25) is 0 Å². The van der Waals surface area contributed by atoms with Gasteiger partial charge in [0.05, 0.1) is 18.8 Å². The summed E-state index contributed by atoms with van der Waals surface area (Å²) in [5.74, 6) is 0.501. The van der Waals surface area contributed by atoms with Crippen LogP contribution in [0.15, 0.2) is 0 Å². The van der Waals surface area contributed by atoms with Gasteiger partial charge in [0.15, 0.2) is 0 Å². The third kappa shape index (κ3) is 4.21. The van der Waals surface area contributed by atoms with Gasteiger partial charge in [-0.3, -0.25) is 4.90 Å². The molecule has 1 aliphatic carbocycles. The lowest BCUT2D eigenvalue weighted by Crippen LogP contribution is -2.57. The van der Waals surface area contributed by atoms with Gasteiger partial charge in [-0.05, 0) is 32.1 Å². The molecular weight excluding hydrogens is 216 g/mol. The average Bonchev–Trinajstić information content (AvgIpc) is 3.17. The van der Waals surface area contributed by atoms with E-state index in [1.165, 1.54) is 0 Å². The van der Waals surface area contributed by atoms with Crippen LogP contribution in [-0.2, 0) is 4.74 Å². The summed E-state index contributed by atoms with van der Waals surface area (Å²) in [5, 5.41) is 9.54. The van der Waals surface area contributed by atoms with E-state index in [1.807, 2.05) is 0 Å². The van der Waals surface area contributed by atoms with Gasteiger partial charge in [-0.1, -0.05) is 6.92 Å². The second-order valence-corrected chi connectivity index (χ2v) is 5.39. The van der Waals surface area contributed by atoms with Crippen molar-refractivity contribution in [3.8, 4) is 0 Å². The second-order valence-electron chi connectivity index (χ2n) is 5.39. The Hall–Kier alpha value is -0.160. The van der Waals surface area contributed by atoms with Crippen LogP contribution in [0.1, 0.15) is 33.1 Å². The molecule has 0 radical (unpaired) electrons. The summed E-state index contributed by atoms with van der Waals surface area (Å²) in [6, 6.07) is 0.485. The van der Waals surface area contributed by atoms with Crippen molar-refractivity contribution >= 4 is 0 Å². The Kier molecular flexibility index (Phi) is 5.86. The fourth-order valence-electron chi connectivity index (χ4n) is 2.27. The molecule has 4 heteroatoms. The minimum Gasteiger partial charge on any atom is -0.394 e. The molecule has 0 aromatic heterocycles. The molecule has 0 saturated heterocycles. The molecule has 1 saturated carbocycles. The largest absolute Gasteiger partial charge is 0.394 e. The summed E-state index contributed by atoms with van der Waals surface area (Å²) in [5.41, 5.74) is 5.92. The first-order valence-electron chi connectivity index (χ1n) is 6.70. The van der Waals surface area contributed by atoms with E-state index >= 15 is 0 Å². The Morgan fingerprint density at radius 3 is 2.59 bits per heavy atom. The molecule has 2 unspecified atom stereocenters. The Labute approximate surface area is 105 Å². The maximum Gasteiger partial charge on any atom is 0.0626 e. The molecular formula is C13H28N2O2. The van der Waals surface area contributed by atoms with Crippen LogP contribution in [0.5, 0.6) is 0 Å². The highest BCUT2D eigenvalue weighted by Gasteiger charge is 2.43. The normalized spacial score (nSPS) is 21.5. The standard InChI is InChI=1S/C13H28N2O2/c1-4-11(2)15(7-8-17-3)9-13(14,10-16)12-5-6-12/h11-12,16H,4-10,14H2,1-3H3. The van der Waals surface area contributed by atoms with Gasteiger partial charge < -0.3 is 15.6 Å². The van der Waals surface area contributed by atoms with Crippen LogP contribution in [0.2, 0.25) is 0 Å². The molecule has 0 aliphatic heterocycles. The fraction of sp³-hybridized carbons (Fsp3) is 1.00. The quantitative estimate of drug-likeness (QED) is 0.631. The Morgan fingerprint density at radius 1 is 1.53 bits per heavy atom. The lowest BCUT2D eigenvalue weighted by molar-refractivity contribution is 0.0730. The predicted octanol–water partition coefficient (Wildman–Crippen LogP) is 0.833. The van der Waals surface area contributed by atoms with E-state index in [9.17, 15) is 5.11 Å². The van der Waals surface area contributed by atoms with Crippen molar-refractivity contribution in [1.82, 2.24) is 4.90 Å². The number of hydrogen-bond acceptors (Lipinski definition) is 4. The van der Waals surface area contributed by atoms with E-state index in [1.54, 1.807) is 7.11 Å². The highest BCUT2D eigenvalue weighted by molar-refractivity contribution is 5.00. The SMILES string of the molecule is CCC(C)N(CCOC)CC(N)(CO)C1CC1. The topological polar surface area (TPSA) is 58.7 Å². The lowest BCUT2D eigenvalue weighted by Gasteiger charge is -2.37. The highest BCUT2D eigenvalue weighted by atomic mass is 16.5. The van der Waals surface area contributed by atoms with Crippen molar-refractivity contribution in [2.24, 2.45) is 11.7 Å². The molecule has 0 bridgehead atoms. The van der Waals surface area contributed by atoms with Gasteiger partial charge in [0.25, 0.3) is 0 Å². The molecule has 1 aliphatic rings. The number of methoxy groups -OCH3 is 1. The molecule has 0 aromatic carbocycles. The van der Waals surface area contributed by atoms with E-state index < -0.39 is 5.54 Å².